The fourth-order valence-electron chi connectivity index (χ4n) is 5.04. The van der Waals surface area contributed by atoms with Gasteiger partial charge < -0.3 is 14.8 Å². The third-order valence-corrected chi connectivity index (χ3v) is 7.19. The summed E-state index contributed by atoms with van der Waals surface area (Å²) in [6.45, 7) is 2.08. The number of carbonyl (C=O) groups is 2. The standard InChI is InChI=1S/C29H28N4O2/c34-28(23-8-9-23)32-15-12-20(18-32)19-33(26-2-1-13-30-17-26)29(35)24-6-3-21(4-7-24)25-10-5-22-11-14-31-27(22)16-25/h1-7,10-11,13-14,16-17,20,23,31H,8-9,12,15,18-19H2/t20-/m1/s1. The van der Waals surface area contributed by atoms with Crippen LogP contribution in [0.4, 0.5) is 5.69 Å². The van der Waals surface area contributed by atoms with Crippen molar-refractivity contribution in [3.8, 4) is 11.1 Å². The Bertz CT molecular complexity index is 1360. The molecular formula is C29H28N4O2. The number of aromatic amines is 1. The van der Waals surface area contributed by atoms with Crippen molar-refractivity contribution in [2.45, 2.75) is 19.3 Å². The van der Waals surface area contributed by atoms with Crippen LogP contribution in [-0.4, -0.2) is 46.3 Å². The number of fused-ring (bicyclic) bond motifs is 1. The zero-order valence-corrected chi connectivity index (χ0v) is 19.6. The van der Waals surface area contributed by atoms with E-state index in [0.29, 0.717) is 18.0 Å². The molecule has 1 saturated heterocycles. The number of carbonyl (C=O) groups excluding carboxylic acids is 2. The second-order valence-electron chi connectivity index (χ2n) is 9.70. The summed E-state index contributed by atoms with van der Waals surface area (Å²) in [5.41, 5.74) is 4.69. The lowest BCUT2D eigenvalue weighted by atomic mass is 10.0. The first-order valence-electron chi connectivity index (χ1n) is 12.3. The molecule has 2 aromatic carbocycles. The molecule has 4 aromatic rings. The molecule has 2 fully saturated rings. The first-order chi connectivity index (χ1) is 17.2. The molecule has 2 aromatic heterocycles. The fourth-order valence-corrected chi connectivity index (χ4v) is 5.04. The lowest BCUT2D eigenvalue weighted by molar-refractivity contribution is -0.131. The average Bonchev–Trinajstić information content (AvgIpc) is 3.46. The maximum absolute atomic E-state index is 13.7. The molecule has 1 atom stereocenters. The summed E-state index contributed by atoms with van der Waals surface area (Å²) < 4.78 is 0. The van der Waals surface area contributed by atoms with Crippen molar-refractivity contribution in [2.24, 2.45) is 11.8 Å². The summed E-state index contributed by atoms with van der Waals surface area (Å²) in [6.07, 6.45) is 8.36. The number of nitrogens with one attached hydrogen (secondary N) is 1. The Kier molecular flexibility index (Phi) is 5.57. The molecule has 176 valence electrons. The molecule has 6 rings (SSSR count). The first-order valence-corrected chi connectivity index (χ1v) is 12.3. The van der Waals surface area contributed by atoms with Gasteiger partial charge in [-0.15, -0.1) is 0 Å². The van der Waals surface area contributed by atoms with Crippen molar-refractivity contribution in [3.05, 3.63) is 84.8 Å². The van der Waals surface area contributed by atoms with Gasteiger partial charge in [0, 0.05) is 49.0 Å². The molecule has 1 aliphatic carbocycles. The zero-order chi connectivity index (χ0) is 23.8. The number of rotatable bonds is 6. The highest BCUT2D eigenvalue weighted by molar-refractivity contribution is 6.06. The highest BCUT2D eigenvalue weighted by Gasteiger charge is 2.37. The molecular weight excluding hydrogens is 436 g/mol. The van der Waals surface area contributed by atoms with E-state index in [2.05, 4.69) is 34.2 Å². The number of likely N-dealkylation sites (tertiary alicyclic amines) is 1. The van der Waals surface area contributed by atoms with Gasteiger partial charge in [0.15, 0.2) is 0 Å². The topological polar surface area (TPSA) is 69.3 Å². The van der Waals surface area contributed by atoms with Crippen LogP contribution >= 0.6 is 0 Å². The van der Waals surface area contributed by atoms with Crippen LogP contribution in [0, 0.1) is 11.8 Å². The summed E-state index contributed by atoms with van der Waals surface area (Å²) >= 11 is 0. The average molecular weight is 465 g/mol. The predicted molar refractivity (Wildman–Crippen MR) is 137 cm³/mol. The van der Waals surface area contributed by atoms with Gasteiger partial charge in [-0.3, -0.25) is 14.6 Å². The quantitative estimate of drug-likeness (QED) is 0.430. The number of hydrogen-bond acceptors (Lipinski definition) is 3. The van der Waals surface area contributed by atoms with Crippen molar-refractivity contribution < 1.29 is 9.59 Å². The Hall–Kier alpha value is -3.93. The summed E-state index contributed by atoms with van der Waals surface area (Å²) in [6, 6.07) is 20.0. The number of pyridine rings is 1. The Balaban J connectivity index is 1.21. The van der Waals surface area contributed by atoms with Crippen molar-refractivity contribution >= 4 is 28.4 Å². The third kappa shape index (κ3) is 4.44. The van der Waals surface area contributed by atoms with E-state index in [4.69, 9.17) is 0 Å². The molecule has 2 aliphatic rings. The number of amides is 2. The van der Waals surface area contributed by atoms with Crippen LogP contribution in [0.25, 0.3) is 22.0 Å². The fraction of sp³-hybridized carbons (Fsp3) is 0.276. The van der Waals surface area contributed by atoms with E-state index in [0.717, 1.165) is 54.7 Å². The van der Waals surface area contributed by atoms with Crippen molar-refractivity contribution in [1.29, 1.82) is 0 Å². The summed E-state index contributed by atoms with van der Waals surface area (Å²) in [5.74, 6) is 0.742. The van der Waals surface area contributed by atoms with Crippen LogP contribution in [0.15, 0.2) is 79.3 Å². The van der Waals surface area contributed by atoms with E-state index >= 15 is 0 Å². The Morgan fingerprint density at radius 3 is 2.60 bits per heavy atom. The lowest BCUT2D eigenvalue weighted by Crippen LogP contribution is -2.37. The lowest BCUT2D eigenvalue weighted by Gasteiger charge is -2.26. The van der Waals surface area contributed by atoms with E-state index in [1.54, 1.807) is 12.4 Å². The van der Waals surface area contributed by atoms with Gasteiger partial charge in [-0.25, -0.2) is 0 Å². The second kappa shape index (κ2) is 9.02. The van der Waals surface area contributed by atoms with Crippen LogP contribution in [0.1, 0.15) is 29.6 Å². The Morgan fingerprint density at radius 2 is 1.83 bits per heavy atom. The zero-order valence-electron chi connectivity index (χ0n) is 19.6. The molecule has 1 aliphatic heterocycles. The van der Waals surface area contributed by atoms with Gasteiger partial charge in [-0.1, -0.05) is 24.3 Å². The van der Waals surface area contributed by atoms with E-state index in [-0.39, 0.29) is 17.7 Å². The van der Waals surface area contributed by atoms with Crippen LogP contribution in [0.3, 0.4) is 0 Å². The Morgan fingerprint density at radius 1 is 1.00 bits per heavy atom. The maximum Gasteiger partial charge on any atom is 0.258 e. The summed E-state index contributed by atoms with van der Waals surface area (Å²) in [5, 5.41) is 1.18. The molecule has 6 nitrogen and oxygen atoms in total. The van der Waals surface area contributed by atoms with Gasteiger partial charge >= 0.3 is 0 Å². The van der Waals surface area contributed by atoms with E-state index in [1.807, 2.05) is 52.4 Å². The number of benzene rings is 2. The monoisotopic (exact) mass is 464 g/mol. The molecule has 1 saturated carbocycles. The maximum atomic E-state index is 13.7. The first kappa shape index (κ1) is 21.6. The van der Waals surface area contributed by atoms with Gasteiger partial charge in [-0.05, 0) is 78.1 Å². The van der Waals surface area contributed by atoms with Gasteiger partial charge in [0.05, 0.1) is 11.9 Å². The third-order valence-electron chi connectivity index (χ3n) is 7.19. The van der Waals surface area contributed by atoms with Gasteiger partial charge in [-0.2, -0.15) is 0 Å². The molecule has 35 heavy (non-hydrogen) atoms. The molecule has 6 heteroatoms. The van der Waals surface area contributed by atoms with Gasteiger partial charge in [0.1, 0.15) is 0 Å². The molecule has 1 N–H and O–H groups in total. The molecule has 3 heterocycles. The van der Waals surface area contributed by atoms with Crippen LogP contribution in [-0.2, 0) is 4.79 Å². The minimum absolute atomic E-state index is 0.0451. The van der Waals surface area contributed by atoms with Gasteiger partial charge in [0.2, 0.25) is 5.91 Å². The van der Waals surface area contributed by atoms with Crippen molar-refractivity contribution in [2.75, 3.05) is 24.5 Å². The van der Waals surface area contributed by atoms with Gasteiger partial charge in [0.25, 0.3) is 5.91 Å². The van der Waals surface area contributed by atoms with Crippen molar-refractivity contribution in [3.63, 3.8) is 0 Å². The smallest absolute Gasteiger partial charge is 0.258 e. The van der Waals surface area contributed by atoms with Crippen molar-refractivity contribution in [1.82, 2.24) is 14.9 Å². The van der Waals surface area contributed by atoms with Crippen LogP contribution in [0.5, 0.6) is 0 Å². The minimum Gasteiger partial charge on any atom is -0.361 e. The summed E-state index contributed by atoms with van der Waals surface area (Å²) in [7, 11) is 0. The molecule has 0 bridgehead atoms. The number of anilines is 1. The van der Waals surface area contributed by atoms with E-state index in [9.17, 15) is 9.59 Å². The van der Waals surface area contributed by atoms with E-state index < -0.39 is 0 Å². The highest BCUT2D eigenvalue weighted by atomic mass is 16.2. The molecule has 0 unspecified atom stereocenters. The number of hydrogen-bond donors (Lipinski definition) is 1. The van der Waals surface area contributed by atoms with E-state index in [1.165, 1.54) is 5.39 Å². The Labute approximate surface area is 204 Å². The highest BCUT2D eigenvalue weighted by Crippen LogP contribution is 2.33. The summed E-state index contributed by atoms with van der Waals surface area (Å²) in [4.78, 5) is 37.5. The molecule has 0 radical (unpaired) electrons. The minimum atomic E-state index is -0.0451. The number of aromatic nitrogens is 2. The largest absolute Gasteiger partial charge is 0.361 e. The molecule has 2 amide bonds. The number of nitrogens with zero attached hydrogens (tertiary/aromatic N) is 3. The SMILES string of the molecule is O=C(C1CC1)N1CC[C@@H](CN(C(=O)c2ccc(-c3ccc4cc[nH]c4c3)cc2)c2cccnc2)C1. The van der Waals surface area contributed by atoms with Crippen LogP contribution < -0.4 is 4.90 Å². The predicted octanol–water partition coefficient (Wildman–Crippen LogP) is 5.14. The normalized spacial score (nSPS) is 17.6. The number of H-pyrrole nitrogens is 1. The molecule has 0 spiro atoms. The van der Waals surface area contributed by atoms with Crippen LogP contribution in [0.2, 0.25) is 0 Å². The second-order valence-corrected chi connectivity index (χ2v) is 9.70.